The Morgan fingerprint density at radius 3 is 1.36 bits per heavy atom. The zero-order chi connectivity index (χ0) is 17.6. The van der Waals surface area contributed by atoms with Gasteiger partial charge in [0.2, 0.25) is 0 Å². The largest absolute Gasteiger partial charge is 0.381 e. The fourth-order valence-electron chi connectivity index (χ4n) is 6.27. The van der Waals surface area contributed by atoms with Crippen molar-refractivity contribution in [2.45, 2.75) is 12.8 Å². The number of ether oxygens (including phenoxy) is 1. The Hall–Kier alpha value is -0.640. The van der Waals surface area contributed by atoms with Gasteiger partial charge in [0.05, 0.1) is 13.2 Å². The quantitative estimate of drug-likeness (QED) is 0.630. The van der Waals surface area contributed by atoms with Crippen LogP contribution in [0.1, 0.15) is 12.8 Å². The van der Waals surface area contributed by atoms with E-state index in [-0.39, 0.29) is 0 Å². The van der Waals surface area contributed by atoms with E-state index in [0.717, 1.165) is 60.6 Å². The Labute approximate surface area is 154 Å². The first-order chi connectivity index (χ1) is 12.0. The molecule has 2 saturated carbocycles. The van der Waals surface area contributed by atoms with E-state index in [0.29, 0.717) is 0 Å². The molecular weight excluding hydrogens is 308 g/mol. The molecule has 25 heavy (non-hydrogen) atoms. The Balaban J connectivity index is 1.32. The van der Waals surface area contributed by atoms with Gasteiger partial charge in [0.25, 0.3) is 0 Å². The van der Waals surface area contributed by atoms with Crippen LogP contribution >= 0.6 is 0 Å². The molecule has 0 saturated heterocycles. The summed E-state index contributed by atoms with van der Waals surface area (Å²) >= 11 is 0. The van der Waals surface area contributed by atoms with Crippen molar-refractivity contribution >= 4 is 0 Å². The van der Waals surface area contributed by atoms with Crippen LogP contribution in [0.3, 0.4) is 0 Å². The highest BCUT2D eigenvalue weighted by Gasteiger charge is 2.46. The zero-order valence-corrected chi connectivity index (χ0v) is 16.5. The number of hydrogen-bond donors (Lipinski definition) is 0. The molecule has 0 aliphatic heterocycles. The van der Waals surface area contributed by atoms with E-state index in [1.165, 1.54) is 25.9 Å². The van der Waals surface area contributed by atoms with Gasteiger partial charge in [-0.1, -0.05) is 24.3 Å². The number of nitrogens with zero attached hydrogens (tertiary/aromatic N) is 2. The number of rotatable bonds is 8. The van der Waals surface area contributed by atoms with Gasteiger partial charge in [0, 0.05) is 13.1 Å². The van der Waals surface area contributed by atoms with Gasteiger partial charge < -0.3 is 14.5 Å². The van der Waals surface area contributed by atoms with Gasteiger partial charge in [0.1, 0.15) is 0 Å². The van der Waals surface area contributed by atoms with Gasteiger partial charge in [-0.3, -0.25) is 0 Å². The topological polar surface area (TPSA) is 15.7 Å². The van der Waals surface area contributed by atoms with Crippen LogP contribution in [0.25, 0.3) is 0 Å². The van der Waals surface area contributed by atoms with Gasteiger partial charge in [-0.05, 0) is 88.4 Å². The van der Waals surface area contributed by atoms with Gasteiger partial charge in [0.15, 0.2) is 0 Å². The van der Waals surface area contributed by atoms with Crippen LogP contribution in [-0.2, 0) is 4.74 Å². The lowest BCUT2D eigenvalue weighted by molar-refractivity contribution is 0.0242. The number of fused-ring (bicyclic) bond motifs is 4. The van der Waals surface area contributed by atoms with Crippen molar-refractivity contribution in [2.75, 3.05) is 54.5 Å². The van der Waals surface area contributed by atoms with Crippen LogP contribution in [0.5, 0.6) is 0 Å². The van der Waals surface area contributed by atoms with E-state index < -0.39 is 0 Å². The molecule has 4 aliphatic rings. The summed E-state index contributed by atoms with van der Waals surface area (Å²) in [5.74, 6) is 6.20. The lowest BCUT2D eigenvalue weighted by Gasteiger charge is -2.33. The third-order valence-corrected chi connectivity index (χ3v) is 7.37. The second kappa shape index (κ2) is 7.17. The van der Waals surface area contributed by atoms with Gasteiger partial charge in [-0.15, -0.1) is 0 Å². The number of hydrogen-bond acceptors (Lipinski definition) is 3. The summed E-state index contributed by atoms with van der Waals surface area (Å²) in [4.78, 5) is 4.72. The first kappa shape index (κ1) is 17.8. The van der Waals surface area contributed by atoms with Gasteiger partial charge in [-0.25, -0.2) is 0 Å². The smallest absolute Gasteiger partial charge is 0.0503 e. The van der Waals surface area contributed by atoms with E-state index in [1.807, 2.05) is 0 Å². The van der Waals surface area contributed by atoms with Crippen molar-refractivity contribution in [3.8, 4) is 0 Å². The molecule has 0 aromatic carbocycles. The van der Waals surface area contributed by atoms with Crippen molar-refractivity contribution in [1.29, 1.82) is 0 Å². The Morgan fingerprint density at radius 2 is 1.00 bits per heavy atom. The summed E-state index contributed by atoms with van der Waals surface area (Å²) < 4.78 is 6.43. The van der Waals surface area contributed by atoms with E-state index in [1.54, 1.807) is 0 Å². The summed E-state index contributed by atoms with van der Waals surface area (Å²) in [6.07, 6.45) is 12.6. The third-order valence-electron chi connectivity index (χ3n) is 7.37. The van der Waals surface area contributed by atoms with E-state index in [4.69, 9.17) is 4.74 Å². The second-order valence-electron chi connectivity index (χ2n) is 9.61. The fraction of sp³-hybridized carbons (Fsp3) is 0.818. The molecule has 140 valence electrons. The molecule has 0 spiro atoms. The predicted molar refractivity (Wildman–Crippen MR) is 103 cm³/mol. The minimum Gasteiger partial charge on any atom is -0.381 e. The normalized spacial score (nSPS) is 44.1. The van der Waals surface area contributed by atoms with Crippen LogP contribution in [-0.4, -0.2) is 64.3 Å². The SMILES string of the molecule is CN(C)C[C@@H]1[C@@H](COC[C@H]2[C@@H](CN(C)C)[C@H]3C=C[C@H]2C3)[C@H]2C=C[C@@H]1C2. The molecule has 0 heterocycles. The van der Waals surface area contributed by atoms with E-state index >= 15 is 0 Å². The van der Waals surface area contributed by atoms with Crippen LogP contribution in [0.4, 0.5) is 0 Å². The third kappa shape index (κ3) is 3.48. The highest BCUT2D eigenvalue weighted by molar-refractivity contribution is 5.15. The molecule has 0 aromatic rings. The second-order valence-corrected chi connectivity index (χ2v) is 9.61. The Kier molecular flexibility index (Phi) is 5.09. The average Bonchev–Trinajstić information content (AvgIpc) is 3.29. The molecule has 0 aromatic heterocycles. The maximum absolute atomic E-state index is 6.43. The minimum absolute atomic E-state index is 0.735. The summed E-state index contributed by atoms with van der Waals surface area (Å²) in [7, 11) is 8.84. The Bertz CT molecular complexity index is 480. The highest BCUT2D eigenvalue weighted by atomic mass is 16.5. The molecule has 4 rings (SSSR count). The van der Waals surface area contributed by atoms with Crippen LogP contribution < -0.4 is 0 Å². The molecule has 8 atom stereocenters. The maximum atomic E-state index is 6.43. The average molecular weight is 345 g/mol. The highest BCUT2D eigenvalue weighted by Crippen LogP contribution is 2.50. The molecule has 0 amide bonds. The minimum atomic E-state index is 0.735. The summed E-state index contributed by atoms with van der Waals surface area (Å²) in [5.41, 5.74) is 0. The predicted octanol–water partition coefficient (Wildman–Crippen LogP) is 3.00. The zero-order valence-electron chi connectivity index (χ0n) is 16.5. The maximum Gasteiger partial charge on any atom is 0.0503 e. The van der Waals surface area contributed by atoms with E-state index in [9.17, 15) is 0 Å². The van der Waals surface area contributed by atoms with Crippen molar-refractivity contribution in [3.63, 3.8) is 0 Å². The molecule has 3 nitrogen and oxygen atoms in total. The molecule has 0 N–H and O–H groups in total. The number of allylic oxidation sites excluding steroid dienone is 4. The summed E-state index contributed by atoms with van der Waals surface area (Å²) in [5, 5.41) is 0. The lowest BCUT2D eigenvalue weighted by Crippen LogP contribution is -2.35. The molecular formula is C22H36N2O. The van der Waals surface area contributed by atoms with Crippen molar-refractivity contribution < 1.29 is 4.74 Å². The van der Waals surface area contributed by atoms with Crippen molar-refractivity contribution in [1.82, 2.24) is 9.80 Å². The molecule has 3 heteroatoms. The first-order valence-corrected chi connectivity index (χ1v) is 10.3. The van der Waals surface area contributed by atoms with Crippen molar-refractivity contribution in [3.05, 3.63) is 24.3 Å². The van der Waals surface area contributed by atoms with Gasteiger partial charge >= 0.3 is 0 Å². The van der Waals surface area contributed by atoms with Crippen LogP contribution in [0.2, 0.25) is 0 Å². The first-order valence-electron chi connectivity index (χ1n) is 10.3. The van der Waals surface area contributed by atoms with Crippen LogP contribution in [0.15, 0.2) is 24.3 Å². The fourth-order valence-corrected chi connectivity index (χ4v) is 6.27. The molecule has 0 unspecified atom stereocenters. The van der Waals surface area contributed by atoms with Crippen LogP contribution in [0, 0.1) is 47.3 Å². The van der Waals surface area contributed by atoms with E-state index in [2.05, 4.69) is 62.3 Å². The Morgan fingerprint density at radius 1 is 0.640 bits per heavy atom. The molecule has 4 aliphatic carbocycles. The lowest BCUT2D eigenvalue weighted by atomic mass is 9.82. The monoisotopic (exact) mass is 344 g/mol. The summed E-state index contributed by atoms with van der Waals surface area (Å²) in [6, 6.07) is 0. The molecule has 4 bridgehead atoms. The van der Waals surface area contributed by atoms with Crippen molar-refractivity contribution in [2.24, 2.45) is 47.3 Å². The standard InChI is InChI=1S/C22H36N2O/c1-23(2)11-19-15-5-7-17(9-15)21(19)13-25-14-22-18-8-6-16(10-18)20(22)12-24(3)4/h5-8,15-22H,9-14H2,1-4H3/t15-,16+,17-,18-,19-,20-,21+,22-/m0/s1. The molecule has 0 radical (unpaired) electrons. The summed E-state index contributed by atoms with van der Waals surface area (Å²) in [6.45, 7) is 4.35. The van der Waals surface area contributed by atoms with Gasteiger partial charge in [-0.2, -0.15) is 0 Å². The molecule has 2 fully saturated rings.